The zero-order chi connectivity index (χ0) is 36.2. The number of rotatable bonds is 38. The predicted octanol–water partition coefficient (Wildman–Crippen LogP) is 8.46. The number of carbonyl (C=O) groups excluding carboxylic acids is 3. The highest BCUT2D eigenvalue weighted by Gasteiger charge is 2.28. The molecule has 0 aliphatic heterocycles. The molecule has 0 aliphatic rings. The summed E-state index contributed by atoms with van der Waals surface area (Å²) >= 11 is 0. The highest BCUT2D eigenvalue weighted by Crippen LogP contribution is 2.24. The largest absolute Gasteiger partial charge is 0.697 e. The molecule has 3 atom stereocenters. The maximum Gasteiger partial charge on any atom is 0.697 e. The molecule has 0 bridgehead atoms. The fraction of sp³-hybridized carbons (Fsp3) is 0.921. The van der Waals surface area contributed by atoms with Crippen molar-refractivity contribution in [1.29, 1.82) is 0 Å². The summed E-state index contributed by atoms with van der Waals surface area (Å²) in [6.07, 6.45) is 31.1. The molecule has 0 heterocycles. The van der Waals surface area contributed by atoms with Crippen molar-refractivity contribution in [2.24, 2.45) is 0 Å². The van der Waals surface area contributed by atoms with Crippen LogP contribution in [0.4, 0.5) is 0 Å². The maximum absolute atomic E-state index is 12.5. The van der Waals surface area contributed by atoms with E-state index in [4.69, 9.17) is 18.5 Å². The zero-order valence-electron chi connectivity index (χ0n) is 31.4. The van der Waals surface area contributed by atoms with E-state index in [2.05, 4.69) is 19.6 Å². The molecule has 0 saturated heterocycles. The van der Waals surface area contributed by atoms with Crippen LogP contribution in [0.3, 0.4) is 0 Å². The van der Waals surface area contributed by atoms with E-state index in [0.717, 1.165) is 38.5 Å². The van der Waals surface area contributed by atoms with Gasteiger partial charge in [0.2, 0.25) is 0 Å². The van der Waals surface area contributed by atoms with E-state index < -0.39 is 38.9 Å². The van der Waals surface area contributed by atoms with Gasteiger partial charge in [0.15, 0.2) is 18.8 Å². The summed E-state index contributed by atoms with van der Waals surface area (Å²) in [5.41, 5.74) is 3.34. The number of quaternary nitrogens is 1. The Labute approximate surface area is 299 Å². The number of carboxylic acids is 1. The van der Waals surface area contributed by atoms with Gasteiger partial charge in [-0.2, -0.15) is 0 Å². The van der Waals surface area contributed by atoms with Crippen LogP contribution in [0.5, 0.6) is 0 Å². The van der Waals surface area contributed by atoms with E-state index in [1.54, 1.807) is 0 Å². The average molecular weight is 719 g/mol. The molecular weight excluding hydrogens is 645 g/mol. The van der Waals surface area contributed by atoms with Crippen molar-refractivity contribution in [3.8, 4) is 0 Å². The number of ether oxygens (including phenoxy) is 2. The normalized spacial score (nSPS) is 12.8. The summed E-state index contributed by atoms with van der Waals surface area (Å²) in [7, 11) is -2.69. The lowest BCUT2D eigenvalue weighted by molar-refractivity contribution is -0.440. The van der Waals surface area contributed by atoms with Crippen LogP contribution in [0.15, 0.2) is 0 Å². The molecule has 3 N–H and O–H groups in total. The number of hydrogen-bond donors (Lipinski definition) is 1. The van der Waals surface area contributed by atoms with Crippen LogP contribution in [0.2, 0.25) is 0 Å². The first-order valence-electron chi connectivity index (χ1n) is 19.9. The number of unbranched alkanes of at least 4 members (excludes halogenated alkanes) is 24. The predicted molar refractivity (Wildman–Crippen MR) is 193 cm³/mol. The summed E-state index contributed by atoms with van der Waals surface area (Å²) in [4.78, 5) is 35.7. The monoisotopic (exact) mass is 719 g/mol. The molecule has 0 fully saturated rings. The molecule has 0 aliphatic carbocycles. The molecule has 1 unspecified atom stereocenters. The van der Waals surface area contributed by atoms with Gasteiger partial charge in [0.25, 0.3) is 0 Å². The van der Waals surface area contributed by atoms with Gasteiger partial charge in [0, 0.05) is 17.4 Å². The lowest BCUT2D eigenvalue weighted by Crippen LogP contribution is -2.70. The fourth-order valence-corrected chi connectivity index (χ4v) is 6.26. The minimum absolute atomic E-state index is 0.220. The van der Waals surface area contributed by atoms with Crippen LogP contribution in [0.25, 0.3) is 0 Å². The quantitative estimate of drug-likeness (QED) is 0.0376. The van der Waals surface area contributed by atoms with Crippen LogP contribution in [0, 0.1) is 0 Å². The first kappa shape index (κ1) is 47.4. The Morgan fingerprint density at radius 2 is 0.878 bits per heavy atom. The number of esters is 2. The fourth-order valence-electron chi connectivity index (χ4n) is 5.59. The third-order valence-electron chi connectivity index (χ3n) is 8.78. The second-order valence-corrected chi connectivity index (χ2v) is 14.6. The Balaban J connectivity index is 4.26. The highest BCUT2D eigenvalue weighted by atomic mass is 31.1. The molecule has 0 amide bonds. The standard InChI is InChI=1S/C38H72NO9P/c1-3-5-7-9-11-13-15-17-19-21-23-25-27-29-36(40)45-31-34(32-46-49(44)47-33-35(39)38(42)43)48-37(41)30-28-26-24-22-20-18-16-14-12-10-8-6-4-2/h34-35H,3-33,39H2,1-2H3/p+1/t34-,35+/m1/s1. The van der Waals surface area contributed by atoms with Gasteiger partial charge in [0.1, 0.15) is 19.2 Å². The highest BCUT2D eigenvalue weighted by molar-refractivity contribution is 7.33. The SMILES string of the molecule is CCCCCCCCCCCCCCCC(=O)OC[C@H](CO[P+](=O)OC[C@H]([NH3+])C(=O)[O-])OC(=O)CCCCCCCCCCCCCCC. The van der Waals surface area contributed by atoms with Crippen LogP contribution < -0.4 is 10.8 Å². The molecule has 0 aromatic rings. The Kier molecular flexibility index (Phi) is 35.0. The lowest BCUT2D eigenvalue weighted by Gasteiger charge is -2.16. The minimum Gasteiger partial charge on any atom is -0.544 e. The van der Waals surface area contributed by atoms with Gasteiger partial charge in [-0.15, -0.1) is 9.05 Å². The number of hydrogen-bond acceptors (Lipinski definition) is 9. The van der Waals surface area contributed by atoms with Gasteiger partial charge in [-0.1, -0.05) is 168 Å². The van der Waals surface area contributed by atoms with Crippen LogP contribution >= 0.6 is 8.25 Å². The van der Waals surface area contributed by atoms with E-state index in [9.17, 15) is 24.1 Å². The van der Waals surface area contributed by atoms with Gasteiger partial charge in [-0.25, -0.2) is 0 Å². The topological polar surface area (TPSA) is 156 Å². The van der Waals surface area contributed by atoms with Crippen molar-refractivity contribution in [3.05, 3.63) is 0 Å². The molecule has 288 valence electrons. The summed E-state index contributed by atoms with van der Waals surface area (Å²) in [6.45, 7) is 3.49. The molecule has 0 saturated carbocycles. The van der Waals surface area contributed by atoms with Gasteiger partial charge in [0.05, 0.1) is 0 Å². The van der Waals surface area contributed by atoms with Crippen LogP contribution in [-0.2, 0) is 37.5 Å². The summed E-state index contributed by atoms with van der Waals surface area (Å²) in [5.74, 6) is -2.25. The van der Waals surface area contributed by atoms with Crippen molar-refractivity contribution >= 4 is 26.2 Å². The van der Waals surface area contributed by atoms with Gasteiger partial charge in [-0.3, -0.25) is 9.59 Å². The molecule has 0 aromatic heterocycles. The summed E-state index contributed by atoms with van der Waals surface area (Å²) in [5, 5.41) is 10.8. The first-order valence-corrected chi connectivity index (χ1v) is 21.0. The van der Waals surface area contributed by atoms with Crippen molar-refractivity contribution in [2.75, 3.05) is 19.8 Å². The van der Waals surface area contributed by atoms with E-state index >= 15 is 0 Å². The molecule has 0 aromatic carbocycles. The van der Waals surface area contributed by atoms with Gasteiger partial charge >= 0.3 is 20.2 Å². The van der Waals surface area contributed by atoms with Crippen LogP contribution in [-0.4, -0.2) is 49.9 Å². The van der Waals surface area contributed by atoms with Crippen LogP contribution in [0.1, 0.15) is 194 Å². The Morgan fingerprint density at radius 3 is 1.27 bits per heavy atom. The summed E-state index contributed by atoms with van der Waals surface area (Å²) < 4.78 is 33.0. The van der Waals surface area contributed by atoms with Gasteiger partial charge < -0.3 is 25.1 Å². The van der Waals surface area contributed by atoms with Crippen molar-refractivity contribution < 1.29 is 48.3 Å². The first-order chi connectivity index (χ1) is 23.8. The smallest absolute Gasteiger partial charge is 0.544 e. The number of carboxylic acid groups (broad SMARTS) is 1. The van der Waals surface area contributed by atoms with Gasteiger partial charge in [-0.05, 0) is 12.8 Å². The van der Waals surface area contributed by atoms with E-state index in [1.807, 2.05) is 0 Å². The second-order valence-electron chi connectivity index (χ2n) is 13.6. The molecule has 49 heavy (non-hydrogen) atoms. The Hall–Kier alpha value is -1.61. The molecule has 11 heteroatoms. The third-order valence-corrected chi connectivity index (χ3v) is 9.50. The third kappa shape index (κ3) is 34.6. The lowest BCUT2D eigenvalue weighted by atomic mass is 10.0. The van der Waals surface area contributed by atoms with E-state index in [0.29, 0.717) is 6.42 Å². The molecule has 0 spiro atoms. The number of aliphatic carboxylic acids is 1. The molecule has 0 radical (unpaired) electrons. The second kappa shape index (κ2) is 36.2. The average Bonchev–Trinajstić information content (AvgIpc) is 3.08. The Morgan fingerprint density at radius 1 is 0.531 bits per heavy atom. The Bertz CT molecular complexity index is 814. The minimum atomic E-state index is -2.69. The van der Waals surface area contributed by atoms with E-state index in [1.165, 1.54) is 122 Å². The summed E-state index contributed by atoms with van der Waals surface area (Å²) in [6, 6.07) is -1.21. The maximum atomic E-state index is 12.5. The molecule has 0 rings (SSSR count). The van der Waals surface area contributed by atoms with E-state index in [-0.39, 0.29) is 32.0 Å². The van der Waals surface area contributed by atoms with Crippen molar-refractivity contribution in [3.63, 3.8) is 0 Å². The van der Waals surface area contributed by atoms with Crippen molar-refractivity contribution in [2.45, 2.75) is 206 Å². The van der Waals surface area contributed by atoms with Crippen molar-refractivity contribution in [1.82, 2.24) is 0 Å². The zero-order valence-corrected chi connectivity index (χ0v) is 32.3. The molecular formula is C38H73NO9P+. The molecule has 10 nitrogen and oxygen atoms in total. The number of carbonyl (C=O) groups is 3.